The summed E-state index contributed by atoms with van der Waals surface area (Å²) in [5, 5.41) is 2.69. The van der Waals surface area contributed by atoms with Crippen LogP contribution in [0.4, 0.5) is 4.39 Å². The first-order chi connectivity index (χ1) is 8.04. The third kappa shape index (κ3) is 3.89. The number of amides is 1. The van der Waals surface area contributed by atoms with Gasteiger partial charge >= 0.3 is 0 Å². The van der Waals surface area contributed by atoms with Crippen molar-refractivity contribution in [1.82, 2.24) is 5.32 Å². The molecule has 17 heavy (non-hydrogen) atoms. The molecule has 3 N–H and O–H groups in total. The molecule has 3 nitrogen and oxygen atoms in total. The first kappa shape index (κ1) is 13.2. The summed E-state index contributed by atoms with van der Waals surface area (Å²) < 4.78 is 13.5. The van der Waals surface area contributed by atoms with Crippen molar-refractivity contribution in [2.45, 2.75) is 19.9 Å². The van der Waals surface area contributed by atoms with Crippen molar-refractivity contribution >= 4 is 5.91 Å². The van der Waals surface area contributed by atoms with E-state index in [1.54, 1.807) is 6.07 Å². The third-order valence-electron chi connectivity index (χ3n) is 1.98. The highest BCUT2D eigenvalue weighted by molar-refractivity contribution is 5.94. The zero-order valence-corrected chi connectivity index (χ0v) is 9.88. The molecule has 1 aromatic rings. The molecular weight excluding hydrogens is 219 g/mol. The van der Waals surface area contributed by atoms with Crippen molar-refractivity contribution in [3.63, 3.8) is 0 Å². The zero-order valence-electron chi connectivity index (χ0n) is 9.88. The molecule has 0 unspecified atom stereocenters. The van der Waals surface area contributed by atoms with Gasteiger partial charge in [0.1, 0.15) is 5.82 Å². The van der Waals surface area contributed by atoms with Crippen LogP contribution < -0.4 is 11.1 Å². The number of hydrogen-bond acceptors (Lipinski definition) is 2. The van der Waals surface area contributed by atoms with Crippen LogP contribution in [0.5, 0.6) is 0 Å². The van der Waals surface area contributed by atoms with Crippen LogP contribution in [0, 0.1) is 17.7 Å². The molecule has 1 rings (SSSR count). The van der Waals surface area contributed by atoms with Crippen molar-refractivity contribution in [3.8, 4) is 11.8 Å². The highest BCUT2D eigenvalue weighted by Gasteiger charge is 2.09. The highest BCUT2D eigenvalue weighted by Crippen LogP contribution is 2.09. The predicted molar refractivity (Wildman–Crippen MR) is 64.9 cm³/mol. The quantitative estimate of drug-likeness (QED) is 0.757. The smallest absolute Gasteiger partial charge is 0.251 e. The van der Waals surface area contributed by atoms with E-state index in [0.717, 1.165) is 0 Å². The fraction of sp³-hybridized carbons (Fsp3) is 0.308. The molecule has 0 saturated heterocycles. The second-order valence-corrected chi connectivity index (χ2v) is 3.83. The van der Waals surface area contributed by atoms with Gasteiger partial charge in [-0.15, -0.1) is 0 Å². The molecular formula is C13H15FN2O. The molecule has 1 amide bonds. The number of benzene rings is 1. The van der Waals surface area contributed by atoms with E-state index < -0.39 is 5.82 Å². The maximum atomic E-state index is 13.5. The zero-order chi connectivity index (χ0) is 12.8. The molecule has 4 heteroatoms. The summed E-state index contributed by atoms with van der Waals surface area (Å²) in [5.74, 6) is 4.36. The van der Waals surface area contributed by atoms with Gasteiger partial charge in [0.2, 0.25) is 0 Å². The Morgan fingerprint density at radius 1 is 1.53 bits per heavy atom. The maximum absolute atomic E-state index is 13.5. The number of carbonyl (C=O) groups excluding carboxylic acids is 1. The molecule has 0 aliphatic heterocycles. The van der Waals surface area contributed by atoms with Crippen LogP contribution in [0.1, 0.15) is 29.8 Å². The van der Waals surface area contributed by atoms with Gasteiger partial charge in [0.05, 0.1) is 12.1 Å². The fourth-order valence-corrected chi connectivity index (χ4v) is 1.25. The topological polar surface area (TPSA) is 55.1 Å². The molecule has 0 bridgehead atoms. The fourth-order valence-electron chi connectivity index (χ4n) is 1.25. The Bertz CT molecular complexity index is 472. The van der Waals surface area contributed by atoms with Crippen molar-refractivity contribution in [2.24, 2.45) is 5.73 Å². The van der Waals surface area contributed by atoms with E-state index in [4.69, 9.17) is 5.73 Å². The molecule has 0 heterocycles. The highest BCUT2D eigenvalue weighted by atomic mass is 19.1. The number of halogens is 1. The molecule has 0 spiro atoms. The molecule has 0 radical (unpaired) electrons. The second-order valence-electron chi connectivity index (χ2n) is 3.83. The summed E-state index contributed by atoms with van der Waals surface area (Å²) in [4.78, 5) is 11.6. The lowest BCUT2D eigenvalue weighted by Crippen LogP contribution is -2.30. The van der Waals surface area contributed by atoms with E-state index >= 15 is 0 Å². The van der Waals surface area contributed by atoms with Gasteiger partial charge in [-0.1, -0.05) is 11.8 Å². The van der Waals surface area contributed by atoms with Gasteiger partial charge in [-0.25, -0.2) is 4.39 Å². The van der Waals surface area contributed by atoms with Gasteiger partial charge < -0.3 is 11.1 Å². The molecule has 0 aliphatic carbocycles. The van der Waals surface area contributed by atoms with Crippen LogP contribution in [0.15, 0.2) is 18.2 Å². The summed E-state index contributed by atoms with van der Waals surface area (Å²) in [6.07, 6.45) is 0. The van der Waals surface area contributed by atoms with Gasteiger partial charge in [0, 0.05) is 11.6 Å². The van der Waals surface area contributed by atoms with E-state index in [1.807, 2.05) is 13.8 Å². The van der Waals surface area contributed by atoms with E-state index in [0.29, 0.717) is 0 Å². The molecule has 0 aromatic heterocycles. The lowest BCUT2D eigenvalue weighted by atomic mass is 10.1. The Kier molecular flexibility index (Phi) is 4.68. The summed E-state index contributed by atoms with van der Waals surface area (Å²) in [6.45, 7) is 3.86. The van der Waals surface area contributed by atoms with E-state index in [-0.39, 0.29) is 29.6 Å². The van der Waals surface area contributed by atoms with Crippen molar-refractivity contribution in [2.75, 3.05) is 6.54 Å². The van der Waals surface area contributed by atoms with Crippen molar-refractivity contribution < 1.29 is 9.18 Å². The minimum atomic E-state index is -0.512. The molecule has 0 atom stereocenters. The largest absolute Gasteiger partial charge is 0.350 e. The van der Waals surface area contributed by atoms with E-state index in [2.05, 4.69) is 17.2 Å². The van der Waals surface area contributed by atoms with Gasteiger partial charge in [0.15, 0.2) is 0 Å². The Hall–Kier alpha value is -1.86. The summed E-state index contributed by atoms with van der Waals surface area (Å²) >= 11 is 0. The number of nitrogens with one attached hydrogen (secondary N) is 1. The van der Waals surface area contributed by atoms with E-state index in [1.165, 1.54) is 12.1 Å². The standard InChI is InChI=1S/C13H15FN2O/c1-9(2)16-13(17)11-6-5-10(4-3-7-15)12(14)8-11/h5-6,8-9H,7,15H2,1-2H3,(H,16,17). The second kappa shape index (κ2) is 6.02. The van der Waals surface area contributed by atoms with Gasteiger partial charge in [-0.2, -0.15) is 0 Å². The third-order valence-corrected chi connectivity index (χ3v) is 1.98. The van der Waals surface area contributed by atoms with Crippen LogP contribution in [-0.2, 0) is 0 Å². The van der Waals surface area contributed by atoms with Gasteiger partial charge in [-0.05, 0) is 32.0 Å². The number of hydrogen-bond donors (Lipinski definition) is 2. The monoisotopic (exact) mass is 234 g/mol. The molecule has 0 fully saturated rings. The maximum Gasteiger partial charge on any atom is 0.251 e. The molecule has 90 valence electrons. The summed E-state index contributed by atoms with van der Waals surface area (Å²) in [7, 11) is 0. The van der Waals surface area contributed by atoms with Crippen molar-refractivity contribution in [3.05, 3.63) is 35.1 Å². The normalized spacial score (nSPS) is 9.71. The SMILES string of the molecule is CC(C)NC(=O)c1ccc(C#CCN)c(F)c1. The van der Waals surface area contributed by atoms with Crippen LogP contribution in [0.3, 0.4) is 0 Å². The first-order valence-electron chi connectivity index (χ1n) is 5.34. The van der Waals surface area contributed by atoms with Crippen LogP contribution in [0.2, 0.25) is 0 Å². The van der Waals surface area contributed by atoms with Gasteiger partial charge in [-0.3, -0.25) is 4.79 Å². The minimum absolute atomic E-state index is 0.0160. The minimum Gasteiger partial charge on any atom is -0.350 e. The van der Waals surface area contributed by atoms with Crippen molar-refractivity contribution in [1.29, 1.82) is 0 Å². The number of nitrogens with two attached hydrogens (primary N) is 1. The summed E-state index contributed by atoms with van der Waals surface area (Å²) in [5.41, 5.74) is 5.73. The Labute approximate surface area is 100 Å². The molecule has 1 aromatic carbocycles. The summed E-state index contributed by atoms with van der Waals surface area (Å²) in [6, 6.07) is 4.22. The molecule has 0 aliphatic rings. The van der Waals surface area contributed by atoms with Crippen LogP contribution in [0.25, 0.3) is 0 Å². The Morgan fingerprint density at radius 2 is 2.24 bits per heavy atom. The average molecular weight is 234 g/mol. The van der Waals surface area contributed by atoms with Crippen LogP contribution >= 0.6 is 0 Å². The lowest BCUT2D eigenvalue weighted by molar-refractivity contribution is 0.0942. The Morgan fingerprint density at radius 3 is 2.76 bits per heavy atom. The van der Waals surface area contributed by atoms with E-state index in [9.17, 15) is 9.18 Å². The van der Waals surface area contributed by atoms with Crippen LogP contribution in [-0.4, -0.2) is 18.5 Å². The Balaban J connectivity index is 2.92. The average Bonchev–Trinajstić information content (AvgIpc) is 2.26. The first-order valence-corrected chi connectivity index (χ1v) is 5.34. The van der Waals surface area contributed by atoms with Gasteiger partial charge in [0.25, 0.3) is 5.91 Å². The molecule has 0 saturated carbocycles. The number of rotatable bonds is 2. The number of carbonyl (C=O) groups is 1. The lowest BCUT2D eigenvalue weighted by Gasteiger charge is -2.08. The predicted octanol–water partition coefficient (Wildman–Crippen LogP) is 1.27.